The first-order valence-corrected chi connectivity index (χ1v) is 7.80. The van der Waals surface area contributed by atoms with Gasteiger partial charge in [0, 0.05) is 24.9 Å². The van der Waals surface area contributed by atoms with Crippen LogP contribution in [-0.2, 0) is 7.05 Å². The van der Waals surface area contributed by atoms with Crippen LogP contribution >= 0.6 is 0 Å². The molecule has 140 valence electrons. The van der Waals surface area contributed by atoms with E-state index >= 15 is 0 Å². The van der Waals surface area contributed by atoms with E-state index in [0.717, 1.165) is 10.6 Å². The van der Waals surface area contributed by atoms with E-state index in [2.05, 4.69) is 4.98 Å². The van der Waals surface area contributed by atoms with Gasteiger partial charge in [0.05, 0.1) is 7.11 Å². The Balaban J connectivity index is 2.18. The summed E-state index contributed by atoms with van der Waals surface area (Å²) in [5, 5.41) is 0. The second-order valence-electron chi connectivity index (χ2n) is 5.63. The van der Waals surface area contributed by atoms with Gasteiger partial charge in [-0.25, -0.2) is 18.1 Å². The van der Waals surface area contributed by atoms with Crippen LogP contribution in [0, 0.1) is 18.6 Å². The van der Waals surface area contributed by atoms with Crippen LogP contribution < -0.4 is 20.7 Å². The summed E-state index contributed by atoms with van der Waals surface area (Å²) in [5.41, 5.74) is -1.23. The summed E-state index contributed by atoms with van der Waals surface area (Å²) in [4.78, 5) is 28.3. The number of pyridine rings is 1. The molecule has 0 saturated carbocycles. The molecule has 27 heavy (non-hydrogen) atoms. The Kier molecular flexibility index (Phi) is 4.76. The lowest BCUT2D eigenvalue weighted by molar-refractivity contribution is 0.361. The van der Waals surface area contributed by atoms with Gasteiger partial charge in [0.2, 0.25) is 0 Å². The molecule has 7 nitrogen and oxygen atoms in total. The van der Waals surface area contributed by atoms with Crippen molar-refractivity contribution in [3.63, 3.8) is 0 Å². The number of rotatable bonds is 4. The van der Waals surface area contributed by atoms with Crippen LogP contribution in [0.2, 0.25) is 0 Å². The van der Waals surface area contributed by atoms with Crippen LogP contribution in [0.3, 0.4) is 0 Å². The Morgan fingerprint density at radius 2 is 1.70 bits per heavy atom. The van der Waals surface area contributed by atoms with Gasteiger partial charge >= 0.3 is 5.69 Å². The molecule has 1 aromatic carbocycles. The van der Waals surface area contributed by atoms with Gasteiger partial charge < -0.3 is 14.0 Å². The Labute approximate surface area is 152 Å². The Morgan fingerprint density at radius 1 is 1.04 bits per heavy atom. The largest absolute Gasteiger partial charge is 0.493 e. The third-order valence-corrected chi connectivity index (χ3v) is 3.93. The summed E-state index contributed by atoms with van der Waals surface area (Å²) in [6, 6.07) is 8.03. The van der Waals surface area contributed by atoms with Crippen molar-refractivity contribution in [3.05, 3.63) is 74.6 Å². The zero-order valence-electron chi connectivity index (χ0n) is 14.7. The highest BCUT2D eigenvalue weighted by Gasteiger charge is 2.20. The van der Waals surface area contributed by atoms with Crippen molar-refractivity contribution in [3.8, 4) is 23.2 Å². The number of methoxy groups -OCH3 is 1. The quantitative estimate of drug-likeness (QED) is 0.700. The number of hydrogen-bond donors (Lipinski definition) is 0. The van der Waals surface area contributed by atoms with Crippen molar-refractivity contribution in [2.45, 2.75) is 6.92 Å². The van der Waals surface area contributed by atoms with E-state index in [4.69, 9.17) is 9.47 Å². The minimum absolute atomic E-state index is 0.133. The Morgan fingerprint density at radius 3 is 2.37 bits per heavy atom. The lowest BCUT2D eigenvalue weighted by Gasteiger charge is -2.13. The fraction of sp³-hybridized carbons (Fsp3) is 0.167. The average Bonchev–Trinajstić information content (AvgIpc) is 2.63. The second kappa shape index (κ2) is 7.02. The molecule has 3 aromatic rings. The molecule has 0 atom stereocenters. The Bertz CT molecular complexity index is 1140. The van der Waals surface area contributed by atoms with E-state index in [1.807, 2.05) is 0 Å². The minimum atomic E-state index is -1.18. The zero-order valence-corrected chi connectivity index (χ0v) is 14.7. The van der Waals surface area contributed by atoms with Crippen LogP contribution in [0.15, 0.2) is 46.0 Å². The fourth-order valence-corrected chi connectivity index (χ4v) is 2.41. The molecule has 0 aliphatic carbocycles. The molecule has 2 heterocycles. The van der Waals surface area contributed by atoms with Gasteiger partial charge in [0.15, 0.2) is 29.0 Å². The predicted molar refractivity (Wildman–Crippen MR) is 92.8 cm³/mol. The summed E-state index contributed by atoms with van der Waals surface area (Å²) in [6.45, 7) is 1.55. The number of nitrogens with zero attached hydrogens (tertiary/aromatic N) is 3. The Hall–Kier alpha value is -3.49. The van der Waals surface area contributed by atoms with Crippen molar-refractivity contribution >= 4 is 0 Å². The van der Waals surface area contributed by atoms with Gasteiger partial charge in [-0.05, 0) is 19.1 Å². The van der Waals surface area contributed by atoms with Gasteiger partial charge in [-0.3, -0.25) is 4.79 Å². The molecule has 0 N–H and O–H groups in total. The first-order valence-electron chi connectivity index (χ1n) is 7.80. The summed E-state index contributed by atoms with van der Waals surface area (Å²) in [6.07, 6.45) is 0. The summed E-state index contributed by atoms with van der Waals surface area (Å²) >= 11 is 0. The molecule has 0 saturated heterocycles. The smallest absolute Gasteiger partial charge is 0.336 e. The molecule has 0 aliphatic rings. The molecule has 0 radical (unpaired) electrons. The lowest BCUT2D eigenvalue weighted by atomic mass is 10.3. The zero-order chi connectivity index (χ0) is 19.7. The molecule has 0 aliphatic heterocycles. The molecule has 0 bridgehead atoms. The van der Waals surface area contributed by atoms with Crippen LogP contribution in [0.1, 0.15) is 5.69 Å². The number of aryl methyl sites for hydroxylation is 1. The van der Waals surface area contributed by atoms with Crippen LogP contribution in [-0.4, -0.2) is 21.2 Å². The normalized spacial score (nSPS) is 10.7. The van der Waals surface area contributed by atoms with Crippen LogP contribution in [0.5, 0.6) is 17.4 Å². The summed E-state index contributed by atoms with van der Waals surface area (Å²) < 4.78 is 40.6. The van der Waals surface area contributed by atoms with Crippen LogP contribution in [0.4, 0.5) is 8.78 Å². The number of benzene rings is 1. The number of hydrogen-bond acceptors (Lipinski definition) is 5. The maximum Gasteiger partial charge on any atom is 0.336 e. The monoisotopic (exact) mass is 375 g/mol. The third kappa shape index (κ3) is 3.31. The van der Waals surface area contributed by atoms with E-state index in [-0.39, 0.29) is 5.75 Å². The van der Waals surface area contributed by atoms with E-state index in [9.17, 15) is 18.4 Å². The highest BCUT2D eigenvalue weighted by atomic mass is 19.1. The topological polar surface area (TPSA) is 75.3 Å². The number of para-hydroxylation sites is 2. The van der Waals surface area contributed by atoms with E-state index < -0.39 is 34.6 Å². The molecule has 9 heteroatoms. The van der Waals surface area contributed by atoms with Gasteiger partial charge in [0.1, 0.15) is 0 Å². The maximum absolute atomic E-state index is 14.3. The van der Waals surface area contributed by atoms with Gasteiger partial charge in [-0.15, -0.1) is 0 Å². The fourth-order valence-electron chi connectivity index (χ4n) is 2.41. The van der Waals surface area contributed by atoms with E-state index in [1.165, 1.54) is 20.2 Å². The molecular formula is C18H15F2N3O4. The summed E-state index contributed by atoms with van der Waals surface area (Å²) in [5.74, 6) is -3.11. The van der Waals surface area contributed by atoms with Crippen molar-refractivity contribution < 1.29 is 18.3 Å². The molecule has 2 aromatic heterocycles. The average molecular weight is 375 g/mol. The first kappa shape index (κ1) is 18.3. The van der Waals surface area contributed by atoms with Gasteiger partial charge in [0.25, 0.3) is 11.4 Å². The van der Waals surface area contributed by atoms with E-state index in [1.54, 1.807) is 25.1 Å². The SMILES string of the molecule is COc1ccccc1Oc1nc(-n2c(=O)cc(C)n(C)c2=O)c(F)cc1F. The van der Waals surface area contributed by atoms with Crippen LogP contribution in [0.25, 0.3) is 5.82 Å². The van der Waals surface area contributed by atoms with Crippen molar-refractivity contribution in [2.75, 3.05) is 7.11 Å². The van der Waals surface area contributed by atoms with Crippen molar-refractivity contribution in [2.24, 2.45) is 7.05 Å². The molecule has 3 rings (SSSR count). The number of aromatic nitrogens is 3. The maximum atomic E-state index is 14.3. The van der Waals surface area contributed by atoms with Gasteiger partial charge in [-0.2, -0.15) is 4.98 Å². The second-order valence-corrected chi connectivity index (χ2v) is 5.63. The summed E-state index contributed by atoms with van der Waals surface area (Å²) in [7, 11) is 2.82. The third-order valence-electron chi connectivity index (χ3n) is 3.93. The van der Waals surface area contributed by atoms with Crippen molar-refractivity contribution in [1.82, 2.24) is 14.1 Å². The molecule has 0 fully saturated rings. The molecular weight excluding hydrogens is 360 g/mol. The highest BCUT2D eigenvalue weighted by Crippen LogP contribution is 2.31. The first-order chi connectivity index (χ1) is 12.8. The highest BCUT2D eigenvalue weighted by molar-refractivity contribution is 5.42. The molecule has 0 unspecified atom stereocenters. The van der Waals surface area contributed by atoms with E-state index in [0.29, 0.717) is 22.1 Å². The molecule has 0 amide bonds. The number of halogens is 2. The number of ether oxygens (including phenoxy) is 2. The van der Waals surface area contributed by atoms with Gasteiger partial charge in [-0.1, -0.05) is 12.1 Å². The lowest BCUT2D eigenvalue weighted by Crippen LogP contribution is -2.39. The van der Waals surface area contributed by atoms with Crippen molar-refractivity contribution in [1.29, 1.82) is 0 Å². The minimum Gasteiger partial charge on any atom is -0.493 e. The molecule has 0 spiro atoms. The standard InChI is InChI=1S/C18H15F2N3O4/c1-10-8-15(24)23(18(25)22(10)2)16-11(19)9-12(20)17(21-16)27-14-7-5-4-6-13(14)26-3/h4-9H,1-3H3. The predicted octanol–water partition coefficient (Wildman–Crippen LogP) is 2.32.